The molecule has 0 amide bonds. The summed E-state index contributed by atoms with van der Waals surface area (Å²) in [4.78, 5) is 13.1. The Morgan fingerprint density at radius 1 is 1.58 bits per heavy atom. The van der Waals surface area contributed by atoms with E-state index in [9.17, 15) is 4.79 Å². The fraction of sp³-hybridized carbons (Fsp3) is 0.889. The topological polar surface area (TPSA) is 29.5 Å². The third kappa shape index (κ3) is 2.48. The first-order chi connectivity index (χ1) is 5.53. The van der Waals surface area contributed by atoms with Crippen LogP contribution in [0.15, 0.2) is 0 Å². The smallest absolute Gasteiger partial charge is 0.319 e. The molecule has 12 heavy (non-hydrogen) atoms. The van der Waals surface area contributed by atoms with E-state index >= 15 is 0 Å². The Balaban J connectivity index is 2.33. The summed E-state index contributed by atoms with van der Waals surface area (Å²) < 4.78 is 4.60. The minimum absolute atomic E-state index is 0.132. The second kappa shape index (κ2) is 3.44. The molecular weight excluding hydrogens is 154 g/mol. The molecule has 0 unspecified atom stereocenters. The van der Waals surface area contributed by atoms with Crippen LogP contribution in [0.5, 0.6) is 0 Å². The molecule has 0 saturated carbocycles. The maximum atomic E-state index is 10.9. The predicted octanol–water partition coefficient (Wildman–Crippen LogP) is 0.891. The van der Waals surface area contributed by atoms with Gasteiger partial charge in [-0.05, 0) is 18.4 Å². The SMILES string of the molecule is COC(=O)CN1CCC(C)(C)C1. The van der Waals surface area contributed by atoms with Gasteiger partial charge in [-0.3, -0.25) is 9.69 Å². The normalized spacial score (nSPS) is 22.6. The summed E-state index contributed by atoms with van der Waals surface area (Å²) >= 11 is 0. The van der Waals surface area contributed by atoms with E-state index in [1.54, 1.807) is 0 Å². The van der Waals surface area contributed by atoms with Gasteiger partial charge in [0.15, 0.2) is 0 Å². The predicted molar refractivity (Wildman–Crippen MR) is 46.9 cm³/mol. The van der Waals surface area contributed by atoms with E-state index in [4.69, 9.17) is 0 Å². The van der Waals surface area contributed by atoms with E-state index in [0.29, 0.717) is 12.0 Å². The number of esters is 1. The summed E-state index contributed by atoms with van der Waals surface area (Å²) in [6.07, 6.45) is 1.17. The van der Waals surface area contributed by atoms with Crippen molar-refractivity contribution in [1.29, 1.82) is 0 Å². The van der Waals surface area contributed by atoms with Crippen LogP contribution in [0.3, 0.4) is 0 Å². The highest BCUT2D eigenvalue weighted by atomic mass is 16.5. The van der Waals surface area contributed by atoms with Crippen LogP contribution in [0.1, 0.15) is 20.3 Å². The maximum Gasteiger partial charge on any atom is 0.319 e. The van der Waals surface area contributed by atoms with Gasteiger partial charge in [-0.25, -0.2) is 0 Å². The average Bonchev–Trinajstić information content (AvgIpc) is 2.30. The fourth-order valence-corrected chi connectivity index (χ4v) is 1.61. The molecule has 0 atom stereocenters. The van der Waals surface area contributed by atoms with E-state index < -0.39 is 0 Å². The Kier molecular flexibility index (Phi) is 2.73. The van der Waals surface area contributed by atoms with Gasteiger partial charge in [0.1, 0.15) is 0 Å². The molecule has 0 aromatic rings. The van der Waals surface area contributed by atoms with Crippen molar-refractivity contribution >= 4 is 5.97 Å². The van der Waals surface area contributed by atoms with Gasteiger partial charge in [0.05, 0.1) is 13.7 Å². The minimum Gasteiger partial charge on any atom is -0.468 e. The highest BCUT2D eigenvalue weighted by molar-refractivity contribution is 5.71. The zero-order valence-corrected chi connectivity index (χ0v) is 8.09. The van der Waals surface area contributed by atoms with E-state index in [1.807, 2.05) is 0 Å². The summed E-state index contributed by atoms with van der Waals surface area (Å²) in [5.41, 5.74) is 0.369. The Morgan fingerprint density at radius 3 is 2.67 bits per heavy atom. The molecule has 1 aliphatic heterocycles. The van der Waals surface area contributed by atoms with Crippen molar-refractivity contribution in [2.45, 2.75) is 20.3 Å². The van der Waals surface area contributed by atoms with Crippen LogP contribution in [0.2, 0.25) is 0 Å². The number of likely N-dealkylation sites (tertiary alicyclic amines) is 1. The molecule has 70 valence electrons. The van der Waals surface area contributed by atoms with Gasteiger partial charge in [0.2, 0.25) is 0 Å². The van der Waals surface area contributed by atoms with Crippen molar-refractivity contribution in [2.24, 2.45) is 5.41 Å². The molecule has 1 rings (SSSR count). The first-order valence-electron chi connectivity index (χ1n) is 4.33. The Labute approximate surface area is 73.7 Å². The van der Waals surface area contributed by atoms with E-state index in [-0.39, 0.29) is 5.97 Å². The van der Waals surface area contributed by atoms with Crippen molar-refractivity contribution < 1.29 is 9.53 Å². The number of hydrogen-bond acceptors (Lipinski definition) is 3. The third-order valence-electron chi connectivity index (χ3n) is 2.34. The van der Waals surface area contributed by atoms with E-state index in [2.05, 4.69) is 23.5 Å². The number of ether oxygens (including phenoxy) is 1. The zero-order valence-electron chi connectivity index (χ0n) is 8.09. The molecule has 0 aromatic carbocycles. The van der Waals surface area contributed by atoms with Gasteiger partial charge in [0, 0.05) is 6.54 Å². The summed E-state index contributed by atoms with van der Waals surface area (Å²) in [5.74, 6) is -0.132. The van der Waals surface area contributed by atoms with Gasteiger partial charge in [-0.1, -0.05) is 13.8 Å². The summed E-state index contributed by atoms with van der Waals surface area (Å²) in [5, 5.41) is 0. The lowest BCUT2D eigenvalue weighted by molar-refractivity contribution is -0.141. The standard InChI is InChI=1S/C9H17NO2/c1-9(2)4-5-10(7-9)6-8(11)12-3/h4-7H2,1-3H3. The molecule has 1 aliphatic rings. The van der Waals surface area contributed by atoms with Crippen LogP contribution in [-0.4, -0.2) is 37.6 Å². The first-order valence-corrected chi connectivity index (χ1v) is 4.33. The fourth-order valence-electron chi connectivity index (χ4n) is 1.61. The van der Waals surface area contributed by atoms with Gasteiger partial charge >= 0.3 is 5.97 Å². The van der Waals surface area contributed by atoms with Crippen molar-refractivity contribution in [3.05, 3.63) is 0 Å². The average molecular weight is 171 g/mol. The number of methoxy groups -OCH3 is 1. The highest BCUT2D eigenvalue weighted by Gasteiger charge is 2.29. The van der Waals surface area contributed by atoms with Gasteiger partial charge in [-0.2, -0.15) is 0 Å². The molecule has 0 radical (unpaired) electrons. The molecule has 3 heteroatoms. The molecule has 0 aliphatic carbocycles. The Morgan fingerprint density at radius 2 is 2.25 bits per heavy atom. The van der Waals surface area contributed by atoms with Crippen molar-refractivity contribution in [3.63, 3.8) is 0 Å². The van der Waals surface area contributed by atoms with E-state index in [1.165, 1.54) is 13.5 Å². The monoisotopic (exact) mass is 171 g/mol. The summed E-state index contributed by atoms with van der Waals surface area (Å²) in [7, 11) is 1.43. The number of nitrogens with zero attached hydrogens (tertiary/aromatic N) is 1. The lowest BCUT2D eigenvalue weighted by Crippen LogP contribution is -2.29. The lowest BCUT2D eigenvalue weighted by atomic mass is 9.93. The van der Waals surface area contributed by atoms with Gasteiger partial charge < -0.3 is 4.74 Å². The second-order valence-corrected chi connectivity index (χ2v) is 4.20. The molecule has 1 fully saturated rings. The Bertz CT molecular complexity index is 177. The van der Waals surface area contributed by atoms with Crippen LogP contribution in [0, 0.1) is 5.41 Å². The number of rotatable bonds is 2. The molecule has 0 N–H and O–H groups in total. The van der Waals surface area contributed by atoms with Crippen LogP contribution in [0.4, 0.5) is 0 Å². The lowest BCUT2D eigenvalue weighted by Gasteiger charge is -2.18. The number of carbonyl (C=O) groups is 1. The minimum atomic E-state index is -0.132. The largest absolute Gasteiger partial charge is 0.468 e. The second-order valence-electron chi connectivity index (χ2n) is 4.20. The van der Waals surface area contributed by atoms with Gasteiger partial charge in [0.25, 0.3) is 0 Å². The molecule has 1 heterocycles. The molecule has 0 aromatic heterocycles. The molecule has 1 saturated heterocycles. The van der Waals surface area contributed by atoms with Gasteiger partial charge in [-0.15, -0.1) is 0 Å². The summed E-state index contributed by atoms with van der Waals surface area (Å²) in [6, 6.07) is 0. The zero-order chi connectivity index (χ0) is 9.19. The van der Waals surface area contributed by atoms with Crippen molar-refractivity contribution in [3.8, 4) is 0 Å². The number of hydrogen-bond donors (Lipinski definition) is 0. The van der Waals surface area contributed by atoms with Crippen molar-refractivity contribution in [1.82, 2.24) is 4.90 Å². The number of carbonyl (C=O) groups excluding carboxylic acids is 1. The maximum absolute atomic E-state index is 10.9. The molecule has 0 bridgehead atoms. The van der Waals surface area contributed by atoms with E-state index in [0.717, 1.165) is 13.1 Å². The molecular formula is C9H17NO2. The van der Waals surface area contributed by atoms with Crippen molar-refractivity contribution in [2.75, 3.05) is 26.7 Å². The molecule has 3 nitrogen and oxygen atoms in total. The van der Waals surface area contributed by atoms with Crippen LogP contribution >= 0.6 is 0 Å². The highest BCUT2D eigenvalue weighted by Crippen LogP contribution is 2.28. The van der Waals surface area contributed by atoms with Crippen LogP contribution in [0.25, 0.3) is 0 Å². The van der Waals surface area contributed by atoms with Crippen LogP contribution in [-0.2, 0) is 9.53 Å². The molecule has 0 spiro atoms. The first kappa shape index (κ1) is 9.52. The summed E-state index contributed by atoms with van der Waals surface area (Å²) in [6.45, 7) is 6.92. The Hall–Kier alpha value is -0.570. The third-order valence-corrected chi connectivity index (χ3v) is 2.34. The van der Waals surface area contributed by atoms with Crippen LogP contribution < -0.4 is 0 Å². The quantitative estimate of drug-likeness (QED) is 0.578.